The summed E-state index contributed by atoms with van der Waals surface area (Å²) in [7, 11) is 3.30. The molecule has 9 nitrogen and oxygen atoms in total. The molecular weight excluding hydrogens is 472 g/mol. The molecule has 1 aliphatic rings. The number of nitrogens with zero attached hydrogens (tertiary/aromatic N) is 3. The first-order valence-electron chi connectivity index (χ1n) is 11.3. The number of aryl methyl sites for hydroxylation is 1. The molecule has 0 aliphatic carbocycles. The number of ether oxygens (including phenoxy) is 2. The molecule has 0 radical (unpaired) electrons. The van der Waals surface area contributed by atoms with Crippen molar-refractivity contribution >= 4 is 39.4 Å². The Bertz CT molecular complexity index is 1560. The zero-order valence-electron chi connectivity index (χ0n) is 19.4. The van der Waals surface area contributed by atoms with Gasteiger partial charge in [0.05, 0.1) is 29.9 Å². The number of carbonyl (C=O) groups is 1. The summed E-state index contributed by atoms with van der Waals surface area (Å²) in [5.74, 6) is 0.228. The van der Waals surface area contributed by atoms with Crippen LogP contribution in [0.5, 0.6) is 5.75 Å². The van der Waals surface area contributed by atoms with E-state index in [0.29, 0.717) is 46.0 Å². The number of fused-ring (bicyclic) bond motifs is 3. The normalized spacial score (nSPS) is 15.7. The van der Waals surface area contributed by atoms with Crippen LogP contribution >= 0.6 is 11.6 Å². The predicted octanol–water partition coefficient (Wildman–Crippen LogP) is 2.60. The van der Waals surface area contributed by atoms with E-state index in [1.807, 2.05) is 6.07 Å². The average molecular weight is 497 g/mol. The van der Waals surface area contributed by atoms with Crippen LogP contribution in [0.25, 0.3) is 27.6 Å². The molecule has 1 saturated heterocycles. The molecule has 0 unspecified atom stereocenters. The van der Waals surface area contributed by atoms with E-state index < -0.39 is 11.2 Å². The molecule has 5 rings (SSSR count). The van der Waals surface area contributed by atoms with E-state index in [9.17, 15) is 14.4 Å². The number of hydrogen-bond donors (Lipinski definition) is 1. The summed E-state index contributed by atoms with van der Waals surface area (Å²) in [4.78, 5) is 40.4. The molecule has 2 aromatic carbocycles. The van der Waals surface area contributed by atoms with Gasteiger partial charge in [0.1, 0.15) is 17.8 Å². The minimum Gasteiger partial charge on any atom is -0.497 e. The van der Waals surface area contributed by atoms with Gasteiger partial charge >= 0.3 is 5.69 Å². The van der Waals surface area contributed by atoms with E-state index >= 15 is 0 Å². The van der Waals surface area contributed by atoms with Crippen LogP contribution in [0.2, 0.25) is 5.02 Å². The first-order valence-corrected chi connectivity index (χ1v) is 11.7. The molecule has 1 atom stereocenters. The second-order valence-corrected chi connectivity index (χ2v) is 9.00. The third kappa shape index (κ3) is 4.11. The topological polar surface area (TPSA) is 96.5 Å². The molecule has 1 fully saturated rings. The smallest absolute Gasteiger partial charge is 0.336 e. The third-order valence-electron chi connectivity index (χ3n) is 6.40. The van der Waals surface area contributed by atoms with Crippen LogP contribution in [0.15, 0.2) is 52.1 Å². The summed E-state index contributed by atoms with van der Waals surface area (Å²) in [5, 5.41) is 3.89. The number of nitrogens with one attached hydrogen (secondary N) is 1. The van der Waals surface area contributed by atoms with Crippen molar-refractivity contribution in [3.8, 4) is 11.4 Å². The van der Waals surface area contributed by atoms with Crippen LogP contribution in [-0.2, 0) is 23.1 Å². The zero-order valence-corrected chi connectivity index (χ0v) is 20.2. The van der Waals surface area contributed by atoms with Crippen molar-refractivity contribution in [3.05, 3.63) is 68.3 Å². The van der Waals surface area contributed by atoms with Crippen LogP contribution in [-0.4, -0.2) is 46.0 Å². The van der Waals surface area contributed by atoms with Crippen LogP contribution in [0.3, 0.4) is 0 Å². The predicted molar refractivity (Wildman–Crippen MR) is 134 cm³/mol. The van der Waals surface area contributed by atoms with E-state index in [-0.39, 0.29) is 18.6 Å². The van der Waals surface area contributed by atoms with Crippen LogP contribution in [0, 0.1) is 0 Å². The Morgan fingerprint density at radius 3 is 2.74 bits per heavy atom. The highest BCUT2D eigenvalue weighted by Gasteiger charge is 2.23. The lowest BCUT2D eigenvalue weighted by Crippen LogP contribution is -2.43. The Labute approximate surface area is 205 Å². The molecule has 35 heavy (non-hydrogen) atoms. The molecule has 0 spiro atoms. The average Bonchev–Trinajstić information content (AvgIpc) is 3.47. The quantitative estimate of drug-likeness (QED) is 0.442. The SMILES string of the molecule is COc1ccc2c(c1)c1c(c(=O)n(-c3cccc(Cl)c3)c(=O)n1CC(=O)NC[C@@H]1CCCO1)n2C. The van der Waals surface area contributed by atoms with E-state index in [2.05, 4.69) is 5.32 Å². The third-order valence-corrected chi connectivity index (χ3v) is 6.63. The summed E-state index contributed by atoms with van der Waals surface area (Å²) in [6.07, 6.45) is 1.81. The molecule has 1 N–H and O–H groups in total. The summed E-state index contributed by atoms with van der Waals surface area (Å²) in [6.45, 7) is 0.788. The molecule has 10 heteroatoms. The van der Waals surface area contributed by atoms with Crippen molar-refractivity contribution in [1.82, 2.24) is 19.0 Å². The van der Waals surface area contributed by atoms with Gasteiger partial charge in [-0.1, -0.05) is 17.7 Å². The maximum atomic E-state index is 13.8. The van der Waals surface area contributed by atoms with Gasteiger partial charge in [-0.05, 0) is 49.2 Å². The number of rotatable bonds is 6. The maximum absolute atomic E-state index is 13.8. The lowest BCUT2D eigenvalue weighted by molar-refractivity contribution is -0.122. The van der Waals surface area contributed by atoms with Gasteiger partial charge in [0, 0.05) is 30.6 Å². The van der Waals surface area contributed by atoms with Gasteiger partial charge in [-0.25, -0.2) is 9.36 Å². The number of aromatic nitrogens is 3. The second kappa shape index (κ2) is 9.24. The Balaban J connectivity index is 1.73. The monoisotopic (exact) mass is 496 g/mol. The molecular formula is C25H25ClN4O5. The summed E-state index contributed by atoms with van der Waals surface area (Å²) < 4.78 is 15.1. The maximum Gasteiger partial charge on any atom is 0.336 e. The number of amides is 1. The summed E-state index contributed by atoms with van der Waals surface area (Å²) in [5.41, 5.74) is 0.593. The number of hydrogen-bond acceptors (Lipinski definition) is 5. The van der Waals surface area contributed by atoms with E-state index in [4.69, 9.17) is 21.1 Å². The zero-order chi connectivity index (χ0) is 24.7. The van der Waals surface area contributed by atoms with Crippen molar-refractivity contribution in [3.63, 3.8) is 0 Å². The van der Waals surface area contributed by atoms with Gasteiger partial charge in [-0.15, -0.1) is 0 Å². The van der Waals surface area contributed by atoms with E-state index in [0.717, 1.165) is 22.9 Å². The van der Waals surface area contributed by atoms with Crippen molar-refractivity contribution in [2.45, 2.75) is 25.5 Å². The van der Waals surface area contributed by atoms with Gasteiger partial charge in [0.15, 0.2) is 0 Å². The summed E-state index contributed by atoms with van der Waals surface area (Å²) >= 11 is 6.15. The Hall–Kier alpha value is -3.56. The fourth-order valence-electron chi connectivity index (χ4n) is 4.68. The largest absolute Gasteiger partial charge is 0.497 e. The van der Waals surface area contributed by atoms with Crippen molar-refractivity contribution in [1.29, 1.82) is 0 Å². The molecule has 3 heterocycles. The number of benzene rings is 2. The molecule has 182 valence electrons. The molecule has 4 aromatic rings. The van der Waals surface area contributed by atoms with Gasteiger partial charge in [0.2, 0.25) is 5.91 Å². The van der Waals surface area contributed by atoms with Crippen LogP contribution in [0.1, 0.15) is 12.8 Å². The first kappa shape index (κ1) is 23.2. The molecule has 2 aromatic heterocycles. The van der Waals surface area contributed by atoms with Gasteiger partial charge in [-0.2, -0.15) is 0 Å². The van der Waals surface area contributed by atoms with Gasteiger partial charge in [0.25, 0.3) is 5.56 Å². The Morgan fingerprint density at radius 2 is 2.03 bits per heavy atom. The standard InChI is InChI=1S/C25H25ClN4O5/c1-28-20-9-8-17(34-2)12-19(20)22-23(28)24(32)30(16-6-3-5-15(26)11-16)25(33)29(22)14-21(31)27-13-18-7-4-10-35-18/h3,5-6,8-9,11-12,18H,4,7,10,13-14H2,1-2H3,(H,27,31)/t18-/m0/s1. The first-order chi connectivity index (χ1) is 16.9. The number of methoxy groups -OCH3 is 1. The van der Waals surface area contributed by atoms with Crippen LogP contribution < -0.4 is 21.3 Å². The Morgan fingerprint density at radius 1 is 1.20 bits per heavy atom. The van der Waals surface area contributed by atoms with E-state index in [1.54, 1.807) is 55.1 Å². The molecule has 0 bridgehead atoms. The van der Waals surface area contributed by atoms with Gasteiger partial charge < -0.3 is 19.4 Å². The molecule has 1 aliphatic heterocycles. The number of carbonyl (C=O) groups excluding carboxylic acids is 1. The Kier molecular flexibility index (Phi) is 6.12. The minimum absolute atomic E-state index is 0.0297. The molecule has 1 amide bonds. The highest BCUT2D eigenvalue weighted by molar-refractivity contribution is 6.30. The minimum atomic E-state index is -0.632. The van der Waals surface area contributed by atoms with E-state index in [1.165, 1.54) is 4.57 Å². The fourth-order valence-corrected chi connectivity index (χ4v) is 4.86. The highest BCUT2D eigenvalue weighted by atomic mass is 35.5. The van der Waals surface area contributed by atoms with Crippen molar-refractivity contribution < 1.29 is 14.3 Å². The number of halogens is 1. The highest BCUT2D eigenvalue weighted by Crippen LogP contribution is 2.29. The van der Waals surface area contributed by atoms with Crippen LogP contribution in [0.4, 0.5) is 0 Å². The lowest BCUT2D eigenvalue weighted by Gasteiger charge is -2.15. The molecule has 0 saturated carbocycles. The van der Waals surface area contributed by atoms with Crippen molar-refractivity contribution in [2.75, 3.05) is 20.3 Å². The summed E-state index contributed by atoms with van der Waals surface area (Å²) in [6, 6.07) is 11.9. The fraction of sp³-hybridized carbons (Fsp3) is 0.320. The second-order valence-electron chi connectivity index (χ2n) is 8.57. The lowest BCUT2D eigenvalue weighted by atomic mass is 10.2. The van der Waals surface area contributed by atoms with Gasteiger partial charge in [-0.3, -0.25) is 14.2 Å². The van der Waals surface area contributed by atoms with Crippen molar-refractivity contribution in [2.24, 2.45) is 7.05 Å².